The highest BCUT2D eigenvalue weighted by Gasteiger charge is 2.44. The van der Waals surface area contributed by atoms with E-state index in [-0.39, 0.29) is 12.5 Å². The van der Waals surface area contributed by atoms with E-state index >= 15 is 0 Å². The van der Waals surface area contributed by atoms with Crippen molar-refractivity contribution in [2.24, 2.45) is 0 Å². The Balaban J connectivity index is 1.57. The van der Waals surface area contributed by atoms with Crippen molar-refractivity contribution < 1.29 is 14.6 Å². The van der Waals surface area contributed by atoms with Crippen molar-refractivity contribution >= 4 is 12.0 Å². The topological polar surface area (TPSA) is 67.6 Å². The van der Waals surface area contributed by atoms with Gasteiger partial charge in [-0.1, -0.05) is 91.0 Å². The summed E-state index contributed by atoms with van der Waals surface area (Å²) in [6.07, 6.45) is 5.58. The minimum absolute atomic E-state index is 0.0603. The van der Waals surface area contributed by atoms with Gasteiger partial charge >= 0.3 is 5.97 Å². The van der Waals surface area contributed by atoms with Crippen molar-refractivity contribution in [3.63, 3.8) is 0 Å². The number of aliphatic hydroxyl groups excluding tert-OH is 1. The fourth-order valence-electron chi connectivity index (χ4n) is 5.48. The normalized spacial score (nSPS) is 17.4. The van der Waals surface area contributed by atoms with E-state index in [2.05, 4.69) is 82.8 Å². The van der Waals surface area contributed by atoms with Crippen LogP contribution in [0.4, 0.5) is 0 Å². The van der Waals surface area contributed by atoms with Gasteiger partial charge in [-0.25, -0.2) is 0 Å². The van der Waals surface area contributed by atoms with Crippen LogP contribution >= 0.6 is 0 Å². The number of carbonyl (C=O) groups excluding carboxylic acids is 1. The molecule has 1 N–H and O–H groups in total. The van der Waals surface area contributed by atoms with Gasteiger partial charge in [0.1, 0.15) is 6.54 Å². The molecular formula is C32H33N3O3. The molecule has 2 heterocycles. The van der Waals surface area contributed by atoms with Crippen LogP contribution in [0.3, 0.4) is 0 Å². The summed E-state index contributed by atoms with van der Waals surface area (Å²) in [7, 11) is 0. The third-order valence-electron chi connectivity index (χ3n) is 7.12. The van der Waals surface area contributed by atoms with Crippen molar-refractivity contribution in [2.75, 3.05) is 19.7 Å². The van der Waals surface area contributed by atoms with Gasteiger partial charge in [-0.3, -0.25) is 14.4 Å². The van der Waals surface area contributed by atoms with E-state index in [1.165, 1.54) is 16.7 Å². The van der Waals surface area contributed by atoms with Crippen LogP contribution in [-0.2, 0) is 21.6 Å². The van der Waals surface area contributed by atoms with Crippen LogP contribution in [0, 0.1) is 0 Å². The Hall–Kier alpha value is -4.00. The first kappa shape index (κ1) is 25.6. The van der Waals surface area contributed by atoms with Gasteiger partial charge in [0, 0.05) is 24.8 Å². The lowest BCUT2D eigenvalue weighted by Gasteiger charge is -2.48. The van der Waals surface area contributed by atoms with Crippen molar-refractivity contribution in [3.05, 3.63) is 131 Å². The van der Waals surface area contributed by atoms with E-state index in [4.69, 9.17) is 4.74 Å². The lowest BCUT2D eigenvalue weighted by Crippen LogP contribution is -2.52. The summed E-state index contributed by atoms with van der Waals surface area (Å²) < 4.78 is 6.61. The van der Waals surface area contributed by atoms with E-state index in [9.17, 15) is 9.90 Å². The number of nitrogens with zero attached hydrogens (tertiary/aromatic N) is 3. The van der Waals surface area contributed by atoms with Gasteiger partial charge in [-0.05, 0) is 41.7 Å². The number of hydrogen-bond donors (Lipinski definition) is 1. The number of carbonyl (C=O) groups is 1. The first-order valence-corrected chi connectivity index (χ1v) is 13.1. The zero-order chi connectivity index (χ0) is 26.4. The second kappa shape index (κ2) is 11.6. The molecule has 0 saturated carbocycles. The van der Waals surface area contributed by atoms with E-state index in [0.29, 0.717) is 19.6 Å². The zero-order valence-electron chi connectivity index (χ0n) is 21.6. The number of benzene rings is 3. The van der Waals surface area contributed by atoms with Crippen molar-refractivity contribution in [1.29, 1.82) is 0 Å². The Morgan fingerprint density at radius 1 is 0.974 bits per heavy atom. The zero-order valence-corrected chi connectivity index (χ0v) is 21.6. The minimum atomic E-state index is -0.556. The maximum absolute atomic E-state index is 11.9. The second-order valence-electron chi connectivity index (χ2n) is 9.53. The molecule has 1 unspecified atom stereocenters. The molecule has 1 aromatic heterocycles. The summed E-state index contributed by atoms with van der Waals surface area (Å²) in [5.74, 6) is -0.322. The van der Waals surface area contributed by atoms with Crippen LogP contribution in [0.1, 0.15) is 35.6 Å². The number of aromatic nitrogens is 2. The van der Waals surface area contributed by atoms with Crippen LogP contribution in [-0.4, -0.2) is 51.6 Å². The molecule has 6 heteroatoms. The predicted octanol–water partition coefficient (Wildman–Crippen LogP) is 4.89. The van der Waals surface area contributed by atoms with Crippen molar-refractivity contribution in [1.82, 2.24) is 14.7 Å². The minimum Gasteiger partial charge on any atom is -0.465 e. The summed E-state index contributed by atoms with van der Waals surface area (Å²) in [4.78, 5) is 14.3. The first-order valence-electron chi connectivity index (χ1n) is 13.1. The Morgan fingerprint density at radius 2 is 1.53 bits per heavy atom. The number of likely N-dealkylation sites (tertiary alicyclic amines) is 1. The van der Waals surface area contributed by atoms with Gasteiger partial charge in [0.2, 0.25) is 0 Å². The molecule has 0 bridgehead atoms. The highest BCUT2D eigenvalue weighted by Crippen LogP contribution is 2.44. The molecule has 5 rings (SSSR count). The average molecular weight is 508 g/mol. The van der Waals surface area contributed by atoms with Gasteiger partial charge in [0.15, 0.2) is 0 Å². The molecule has 0 radical (unpaired) electrons. The third-order valence-corrected chi connectivity index (χ3v) is 7.12. The smallest absolute Gasteiger partial charge is 0.327 e. The fraction of sp³-hybridized carbons (Fsp3) is 0.250. The standard InChI is InChI=1S/C32H33N3O3/c1-2-38-31(37)24-35-22-25(21-33-35)20-26-23-34(19-18-30(26)36)32(27-12-6-3-7-13-27,28-14-8-4-9-15-28)29-16-10-5-11-17-29/h3-17,20-22,30,36H,2,18-19,23-24H2,1H3/b26-20+. The first-order chi connectivity index (χ1) is 18.6. The molecule has 1 aliphatic rings. The molecule has 3 aromatic carbocycles. The van der Waals surface area contributed by atoms with Gasteiger partial charge in [-0.2, -0.15) is 5.10 Å². The quantitative estimate of drug-likeness (QED) is 0.272. The van der Waals surface area contributed by atoms with E-state index in [0.717, 1.165) is 17.7 Å². The van der Waals surface area contributed by atoms with Crippen LogP contribution in [0.15, 0.2) is 109 Å². The molecule has 6 nitrogen and oxygen atoms in total. The van der Waals surface area contributed by atoms with Crippen LogP contribution in [0.5, 0.6) is 0 Å². The predicted molar refractivity (Wildman–Crippen MR) is 148 cm³/mol. The monoisotopic (exact) mass is 507 g/mol. The molecule has 1 fully saturated rings. The van der Waals surface area contributed by atoms with E-state index < -0.39 is 11.6 Å². The fourth-order valence-corrected chi connectivity index (χ4v) is 5.48. The number of ether oxygens (including phenoxy) is 1. The molecule has 194 valence electrons. The van der Waals surface area contributed by atoms with Crippen molar-refractivity contribution in [3.8, 4) is 0 Å². The Morgan fingerprint density at radius 3 is 2.05 bits per heavy atom. The number of hydrogen-bond acceptors (Lipinski definition) is 5. The molecule has 1 atom stereocenters. The van der Waals surface area contributed by atoms with Crippen LogP contribution < -0.4 is 0 Å². The second-order valence-corrected chi connectivity index (χ2v) is 9.53. The summed E-state index contributed by atoms with van der Waals surface area (Å²) in [5, 5.41) is 15.4. The molecule has 1 saturated heterocycles. The van der Waals surface area contributed by atoms with Gasteiger partial charge in [-0.15, -0.1) is 0 Å². The number of rotatable bonds is 8. The van der Waals surface area contributed by atoms with Gasteiger partial charge < -0.3 is 9.84 Å². The van der Waals surface area contributed by atoms with E-state index in [1.807, 2.05) is 30.5 Å². The van der Waals surface area contributed by atoms with E-state index in [1.54, 1.807) is 17.8 Å². The number of esters is 1. The maximum atomic E-state index is 11.9. The van der Waals surface area contributed by atoms with Gasteiger partial charge in [0.25, 0.3) is 0 Å². The lowest BCUT2D eigenvalue weighted by molar-refractivity contribution is -0.144. The maximum Gasteiger partial charge on any atom is 0.327 e. The van der Waals surface area contributed by atoms with Crippen LogP contribution in [0.25, 0.3) is 6.08 Å². The average Bonchev–Trinajstić information content (AvgIpc) is 3.39. The molecule has 0 spiro atoms. The highest BCUT2D eigenvalue weighted by molar-refractivity contribution is 5.69. The number of piperidine rings is 1. The molecule has 4 aromatic rings. The Kier molecular flexibility index (Phi) is 7.82. The largest absolute Gasteiger partial charge is 0.465 e. The Labute approximate surface area is 223 Å². The molecular weight excluding hydrogens is 474 g/mol. The van der Waals surface area contributed by atoms with Crippen molar-refractivity contribution in [2.45, 2.75) is 31.5 Å². The SMILES string of the molecule is CCOC(=O)Cn1cc(/C=C2\CN(C(c3ccccc3)(c3ccccc3)c3ccccc3)CCC2O)cn1. The molecule has 0 aliphatic carbocycles. The van der Waals surface area contributed by atoms with Crippen LogP contribution in [0.2, 0.25) is 0 Å². The van der Waals surface area contributed by atoms with Gasteiger partial charge in [0.05, 0.1) is 24.4 Å². The lowest BCUT2D eigenvalue weighted by atomic mass is 9.74. The summed E-state index contributed by atoms with van der Waals surface area (Å²) >= 11 is 0. The number of aliphatic hydroxyl groups is 1. The highest BCUT2D eigenvalue weighted by atomic mass is 16.5. The molecule has 38 heavy (non-hydrogen) atoms. The molecule has 0 amide bonds. The molecule has 1 aliphatic heterocycles. The third kappa shape index (κ3) is 5.19. The summed E-state index contributed by atoms with van der Waals surface area (Å²) in [6, 6.07) is 31.8. The summed E-state index contributed by atoms with van der Waals surface area (Å²) in [5.41, 5.74) is 4.74. The Bertz CT molecular complexity index is 1270. The summed E-state index contributed by atoms with van der Waals surface area (Å²) in [6.45, 7) is 3.48.